The Morgan fingerprint density at radius 1 is 1.40 bits per heavy atom. The lowest BCUT2D eigenvalue weighted by Crippen LogP contribution is -2.06. The third-order valence-electron chi connectivity index (χ3n) is 2.16. The Hall–Kier alpha value is -0.120. The second-order valence-electron chi connectivity index (χ2n) is 3.35. The highest BCUT2D eigenvalue weighted by molar-refractivity contribution is 14.1. The second-order valence-corrected chi connectivity index (χ2v) is 5.40. The van der Waals surface area contributed by atoms with E-state index in [4.69, 9.17) is 0 Å². The normalized spacial score (nSPS) is 10.9. The van der Waals surface area contributed by atoms with Crippen LogP contribution < -0.4 is 0 Å². The van der Waals surface area contributed by atoms with Gasteiger partial charge in [0.1, 0.15) is 7.40 Å². The van der Waals surface area contributed by atoms with Crippen LogP contribution in [0.15, 0.2) is 12.4 Å². The molecule has 6 heteroatoms. The maximum atomic E-state index is 4.32. The molecule has 2 aromatic rings. The average Bonchev–Trinajstić information content (AvgIpc) is 2.64. The molecule has 0 bridgehead atoms. The van der Waals surface area contributed by atoms with Gasteiger partial charge in [0, 0.05) is 7.05 Å². The van der Waals surface area contributed by atoms with E-state index in [-0.39, 0.29) is 0 Å². The van der Waals surface area contributed by atoms with Gasteiger partial charge in [0.2, 0.25) is 0 Å². The van der Waals surface area contributed by atoms with Crippen LogP contribution in [0.3, 0.4) is 0 Å². The van der Waals surface area contributed by atoms with Crippen LogP contribution in [0.1, 0.15) is 11.4 Å². The first kappa shape index (κ1) is 11.4. The van der Waals surface area contributed by atoms with E-state index in [2.05, 4.69) is 65.9 Å². The standard InChI is InChI=1S/C9H10I2N4/c1-6-3-7(14(2)13-6)4-15-5-12-8(10)9(15)11/h3,5H,4H2,1-2H3. The predicted octanol–water partition coefficient (Wildman–Crippen LogP) is 2.18. The summed E-state index contributed by atoms with van der Waals surface area (Å²) >= 11 is 4.55. The van der Waals surface area contributed by atoms with Crippen LogP contribution in [0.25, 0.3) is 0 Å². The van der Waals surface area contributed by atoms with Gasteiger partial charge in [-0.3, -0.25) is 4.68 Å². The number of aromatic nitrogens is 4. The van der Waals surface area contributed by atoms with E-state index in [1.165, 1.54) is 9.39 Å². The smallest absolute Gasteiger partial charge is 0.132 e. The summed E-state index contributed by atoms with van der Waals surface area (Å²) in [6.45, 7) is 2.83. The van der Waals surface area contributed by atoms with Crippen molar-refractivity contribution in [3.8, 4) is 0 Å². The first-order valence-electron chi connectivity index (χ1n) is 4.43. The van der Waals surface area contributed by atoms with Crippen molar-refractivity contribution in [3.63, 3.8) is 0 Å². The SMILES string of the molecule is Cc1cc(Cn2cnc(I)c2I)n(C)n1. The summed E-state index contributed by atoms with van der Waals surface area (Å²) in [7, 11) is 1.97. The molecule has 0 aliphatic rings. The highest BCUT2D eigenvalue weighted by Gasteiger charge is 2.08. The van der Waals surface area contributed by atoms with Crippen LogP contribution in [0.5, 0.6) is 0 Å². The number of hydrogen-bond acceptors (Lipinski definition) is 2. The molecule has 0 aromatic carbocycles. The molecule has 0 radical (unpaired) electrons. The van der Waals surface area contributed by atoms with Crippen LogP contribution in [-0.4, -0.2) is 19.3 Å². The highest BCUT2D eigenvalue weighted by atomic mass is 127. The lowest BCUT2D eigenvalue weighted by atomic mass is 10.3. The number of aryl methyl sites for hydroxylation is 2. The Balaban J connectivity index is 2.29. The van der Waals surface area contributed by atoms with E-state index < -0.39 is 0 Å². The molecule has 0 unspecified atom stereocenters. The summed E-state index contributed by atoms with van der Waals surface area (Å²) < 4.78 is 6.26. The van der Waals surface area contributed by atoms with E-state index in [9.17, 15) is 0 Å². The van der Waals surface area contributed by atoms with E-state index in [1.807, 2.05) is 25.0 Å². The van der Waals surface area contributed by atoms with Gasteiger partial charge in [-0.15, -0.1) is 0 Å². The number of halogens is 2. The van der Waals surface area contributed by atoms with Crippen LogP contribution >= 0.6 is 45.2 Å². The molecule has 0 aliphatic carbocycles. The fraction of sp³-hybridized carbons (Fsp3) is 0.333. The topological polar surface area (TPSA) is 35.6 Å². The summed E-state index contributed by atoms with van der Waals surface area (Å²) in [5, 5.41) is 4.32. The molecule has 0 N–H and O–H groups in total. The molecule has 0 amide bonds. The van der Waals surface area contributed by atoms with Gasteiger partial charge < -0.3 is 4.57 Å². The fourth-order valence-corrected chi connectivity index (χ4v) is 2.31. The third-order valence-corrected chi connectivity index (χ3v) is 5.12. The van der Waals surface area contributed by atoms with Gasteiger partial charge in [-0.2, -0.15) is 5.10 Å². The van der Waals surface area contributed by atoms with Gasteiger partial charge in [-0.1, -0.05) is 0 Å². The van der Waals surface area contributed by atoms with Crippen LogP contribution in [-0.2, 0) is 13.6 Å². The molecule has 0 spiro atoms. The van der Waals surface area contributed by atoms with Crippen molar-refractivity contribution < 1.29 is 0 Å². The number of rotatable bonds is 2. The van der Waals surface area contributed by atoms with Crippen molar-refractivity contribution in [3.05, 3.63) is 31.2 Å². The molecule has 15 heavy (non-hydrogen) atoms. The maximum Gasteiger partial charge on any atom is 0.132 e. The molecule has 4 nitrogen and oxygen atoms in total. The summed E-state index contributed by atoms with van der Waals surface area (Å²) in [5.41, 5.74) is 2.25. The molecular formula is C9H10I2N4. The van der Waals surface area contributed by atoms with Crippen molar-refractivity contribution in [2.24, 2.45) is 7.05 Å². The first-order chi connectivity index (χ1) is 7.08. The Kier molecular flexibility index (Phi) is 3.33. The molecule has 0 saturated carbocycles. The van der Waals surface area contributed by atoms with Gasteiger partial charge >= 0.3 is 0 Å². The van der Waals surface area contributed by atoms with E-state index in [0.717, 1.165) is 15.9 Å². The minimum absolute atomic E-state index is 0.825. The van der Waals surface area contributed by atoms with Crippen LogP contribution in [0.4, 0.5) is 0 Å². The largest absolute Gasteiger partial charge is 0.319 e. The van der Waals surface area contributed by atoms with Gasteiger partial charge in [-0.25, -0.2) is 4.98 Å². The summed E-state index contributed by atoms with van der Waals surface area (Å²) in [6.07, 6.45) is 1.87. The zero-order valence-corrected chi connectivity index (χ0v) is 12.7. The molecule has 0 fully saturated rings. The molecule has 0 aliphatic heterocycles. The first-order valence-corrected chi connectivity index (χ1v) is 6.59. The maximum absolute atomic E-state index is 4.32. The van der Waals surface area contributed by atoms with E-state index in [1.54, 1.807) is 0 Å². The summed E-state index contributed by atoms with van der Waals surface area (Å²) in [5.74, 6) is 0. The number of hydrogen-bond donors (Lipinski definition) is 0. The monoisotopic (exact) mass is 428 g/mol. The predicted molar refractivity (Wildman–Crippen MR) is 74.7 cm³/mol. The van der Waals surface area contributed by atoms with Crippen molar-refractivity contribution >= 4 is 45.2 Å². The number of imidazole rings is 1. The summed E-state index contributed by atoms with van der Waals surface area (Å²) in [4.78, 5) is 4.26. The zero-order chi connectivity index (χ0) is 11.0. The Morgan fingerprint density at radius 3 is 2.60 bits per heavy atom. The summed E-state index contributed by atoms with van der Waals surface area (Å²) in [6, 6.07) is 2.10. The van der Waals surface area contributed by atoms with Crippen molar-refractivity contribution in [1.82, 2.24) is 19.3 Å². The van der Waals surface area contributed by atoms with Crippen molar-refractivity contribution in [2.45, 2.75) is 13.5 Å². The average molecular weight is 428 g/mol. The van der Waals surface area contributed by atoms with Crippen LogP contribution in [0.2, 0.25) is 0 Å². The zero-order valence-electron chi connectivity index (χ0n) is 8.41. The van der Waals surface area contributed by atoms with Crippen molar-refractivity contribution in [1.29, 1.82) is 0 Å². The third kappa shape index (κ3) is 2.35. The highest BCUT2D eigenvalue weighted by Crippen LogP contribution is 2.15. The Bertz CT molecular complexity index is 486. The molecule has 80 valence electrons. The van der Waals surface area contributed by atoms with Crippen LogP contribution in [0, 0.1) is 14.3 Å². The minimum atomic E-state index is 0.825. The second kappa shape index (κ2) is 4.40. The molecule has 2 rings (SSSR count). The van der Waals surface area contributed by atoms with E-state index >= 15 is 0 Å². The molecule has 2 aromatic heterocycles. The lowest BCUT2D eigenvalue weighted by Gasteiger charge is -2.04. The fourth-order valence-electron chi connectivity index (χ4n) is 1.44. The Morgan fingerprint density at radius 2 is 2.13 bits per heavy atom. The van der Waals surface area contributed by atoms with Gasteiger partial charge in [0.05, 0.1) is 24.3 Å². The molecule has 0 atom stereocenters. The minimum Gasteiger partial charge on any atom is -0.319 e. The number of nitrogens with zero attached hydrogens (tertiary/aromatic N) is 4. The Labute approximate surface area is 115 Å². The molecule has 2 heterocycles. The van der Waals surface area contributed by atoms with Gasteiger partial charge in [0.15, 0.2) is 0 Å². The van der Waals surface area contributed by atoms with Gasteiger partial charge in [0.25, 0.3) is 0 Å². The quantitative estimate of drug-likeness (QED) is 0.689. The molecular weight excluding hydrogens is 418 g/mol. The van der Waals surface area contributed by atoms with E-state index in [0.29, 0.717) is 0 Å². The lowest BCUT2D eigenvalue weighted by molar-refractivity contribution is 0.656. The molecule has 0 saturated heterocycles. The van der Waals surface area contributed by atoms with Crippen molar-refractivity contribution in [2.75, 3.05) is 0 Å². The van der Waals surface area contributed by atoms with Gasteiger partial charge in [-0.05, 0) is 58.2 Å².